The summed E-state index contributed by atoms with van der Waals surface area (Å²) in [7, 11) is 0. The highest BCUT2D eigenvalue weighted by Gasteiger charge is 2.13. The zero-order chi connectivity index (χ0) is 19.4. The van der Waals surface area contributed by atoms with Gasteiger partial charge in [-0.1, -0.05) is 48.6 Å². The second-order valence-corrected chi connectivity index (χ2v) is 5.77. The van der Waals surface area contributed by atoms with Gasteiger partial charge in [-0.3, -0.25) is 0 Å². The van der Waals surface area contributed by atoms with E-state index in [2.05, 4.69) is 0 Å². The first-order chi connectivity index (χ1) is 13.0. The molecule has 1 nitrogen and oxygen atoms in total. The summed E-state index contributed by atoms with van der Waals surface area (Å²) < 4.78 is 60.2. The topological polar surface area (TPSA) is 9.23 Å². The predicted octanol–water partition coefficient (Wildman–Crippen LogP) is 6.48. The summed E-state index contributed by atoms with van der Waals surface area (Å²) in [4.78, 5) is 0. The molecule has 0 heterocycles. The largest absolute Gasteiger partial charge is 0.491 e. The lowest BCUT2D eigenvalue weighted by Gasteiger charge is -2.07. The van der Waals surface area contributed by atoms with E-state index < -0.39 is 23.3 Å². The van der Waals surface area contributed by atoms with Gasteiger partial charge in [0.25, 0.3) is 0 Å². The highest BCUT2D eigenvalue weighted by Crippen LogP contribution is 2.26. The van der Waals surface area contributed by atoms with Crippen LogP contribution in [0.5, 0.6) is 5.75 Å². The summed E-state index contributed by atoms with van der Waals surface area (Å²) in [6.45, 7) is 1.92. The minimum atomic E-state index is -1.03. The van der Waals surface area contributed by atoms with Crippen molar-refractivity contribution in [2.75, 3.05) is 6.61 Å². The average molecular weight is 372 g/mol. The lowest BCUT2D eigenvalue weighted by atomic mass is 10.0. The Kier molecular flexibility index (Phi) is 5.60. The average Bonchev–Trinajstić information content (AvgIpc) is 2.68. The molecule has 3 rings (SSSR count). The van der Waals surface area contributed by atoms with E-state index in [1.165, 1.54) is 30.3 Å². The van der Waals surface area contributed by atoms with Crippen molar-refractivity contribution in [3.63, 3.8) is 0 Å². The van der Waals surface area contributed by atoms with Gasteiger partial charge in [0.1, 0.15) is 0 Å². The van der Waals surface area contributed by atoms with E-state index in [1.54, 1.807) is 37.3 Å². The molecule has 0 aliphatic heterocycles. The van der Waals surface area contributed by atoms with Gasteiger partial charge in [-0.15, -0.1) is 0 Å². The molecule has 0 radical (unpaired) electrons. The third-order valence-electron chi connectivity index (χ3n) is 4.01. The molecule has 0 saturated heterocycles. The van der Waals surface area contributed by atoms with Gasteiger partial charge in [0.15, 0.2) is 23.2 Å². The summed E-state index contributed by atoms with van der Waals surface area (Å²) in [6.07, 6.45) is 3.04. The van der Waals surface area contributed by atoms with Crippen molar-refractivity contribution in [1.29, 1.82) is 0 Å². The first-order valence-electron chi connectivity index (χ1n) is 8.34. The van der Waals surface area contributed by atoms with Gasteiger partial charge in [0, 0.05) is 11.1 Å². The van der Waals surface area contributed by atoms with Crippen LogP contribution in [0.3, 0.4) is 0 Å². The number of ether oxygens (including phenoxy) is 1. The van der Waals surface area contributed by atoms with Crippen LogP contribution in [0.1, 0.15) is 18.1 Å². The van der Waals surface area contributed by atoms with Gasteiger partial charge in [0.05, 0.1) is 6.61 Å². The van der Waals surface area contributed by atoms with Gasteiger partial charge < -0.3 is 4.74 Å². The SMILES string of the molecule is CCOc1ccc(/C=C/c2ccc(-c3cccc(F)c3F)cc2)c(F)c1F. The maximum atomic E-state index is 14.1. The molecular formula is C22H16F4O. The zero-order valence-electron chi connectivity index (χ0n) is 14.5. The second-order valence-electron chi connectivity index (χ2n) is 5.77. The number of hydrogen-bond acceptors (Lipinski definition) is 1. The molecule has 0 aliphatic rings. The third kappa shape index (κ3) is 4.03. The quantitative estimate of drug-likeness (QED) is 0.368. The highest BCUT2D eigenvalue weighted by atomic mass is 19.2. The standard InChI is InChI=1S/C22H16F4O/c1-2-27-19-13-12-16(20(24)22(19)26)11-8-14-6-9-15(10-7-14)17-4-3-5-18(23)21(17)25/h3-13H,2H2,1H3/b11-8+. The molecule has 0 aliphatic carbocycles. The van der Waals surface area contributed by atoms with Crippen LogP contribution < -0.4 is 4.74 Å². The highest BCUT2D eigenvalue weighted by molar-refractivity contribution is 5.72. The molecular weight excluding hydrogens is 356 g/mol. The molecule has 0 saturated carbocycles. The van der Waals surface area contributed by atoms with Crippen LogP contribution in [0.2, 0.25) is 0 Å². The first-order valence-corrected chi connectivity index (χ1v) is 8.34. The summed E-state index contributed by atoms with van der Waals surface area (Å²) in [5, 5.41) is 0. The number of rotatable bonds is 5. The second kappa shape index (κ2) is 8.08. The Hall–Kier alpha value is -3.08. The van der Waals surface area contributed by atoms with Crippen LogP contribution >= 0.6 is 0 Å². The summed E-state index contributed by atoms with van der Waals surface area (Å²) in [5.74, 6) is -3.97. The van der Waals surface area contributed by atoms with Gasteiger partial charge in [-0.25, -0.2) is 13.2 Å². The molecule has 0 bridgehead atoms. The minimum absolute atomic E-state index is 0.0798. The van der Waals surface area contributed by atoms with Gasteiger partial charge in [-0.2, -0.15) is 4.39 Å². The molecule has 0 amide bonds. The first kappa shape index (κ1) is 18.7. The van der Waals surface area contributed by atoms with Crippen molar-refractivity contribution in [3.8, 4) is 16.9 Å². The molecule has 5 heteroatoms. The van der Waals surface area contributed by atoms with E-state index in [-0.39, 0.29) is 23.5 Å². The van der Waals surface area contributed by atoms with Gasteiger partial charge in [-0.05, 0) is 36.2 Å². The molecule has 0 unspecified atom stereocenters. The summed E-state index contributed by atoms with van der Waals surface area (Å²) in [6, 6.07) is 13.4. The Bertz CT molecular complexity index is 978. The fourth-order valence-electron chi connectivity index (χ4n) is 2.63. The number of benzene rings is 3. The summed E-state index contributed by atoms with van der Waals surface area (Å²) in [5.41, 5.74) is 1.45. The number of halogens is 4. The molecule has 0 N–H and O–H groups in total. The van der Waals surface area contributed by atoms with Crippen LogP contribution in [0, 0.1) is 23.3 Å². The number of hydrogen-bond donors (Lipinski definition) is 0. The third-order valence-corrected chi connectivity index (χ3v) is 4.01. The van der Waals surface area contributed by atoms with Crippen molar-refractivity contribution in [2.24, 2.45) is 0 Å². The Morgan fingerprint density at radius 2 is 1.52 bits per heavy atom. The van der Waals surface area contributed by atoms with Crippen LogP contribution in [0.4, 0.5) is 17.6 Å². The minimum Gasteiger partial charge on any atom is -0.491 e. The molecule has 0 spiro atoms. The van der Waals surface area contributed by atoms with E-state index in [0.717, 1.165) is 6.07 Å². The van der Waals surface area contributed by atoms with E-state index >= 15 is 0 Å². The molecule has 3 aromatic rings. The molecule has 0 aromatic heterocycles. The lowest BCUT2D eigenvalue weighted by Crippen LogP contribution is -1.98. The van der Waals surface area contributed by atoms with Gasteiger partial charge >= 0.3 is 0 Å². The van der Waals surface area contributed by atoms with E-state index in [9.17, 15) is 17.6 Å². The van der Waals surface area contributed by atoms with E-state index in [4.69, 9.17) is 4.74 Å². The predicted molar refractivity (Wildman–Crippen MR) is 98.2 cm³/mol. The normalized spacial score (nSPS) is 11.1. The lowest BCUT2D eigenvalue weighted by molar-refractivity contribution is 0.314. The van der Waals surface area contributed by atoms with Crippen LogP contribution in [0.15, 0.2) is 54.6 Å². The molecule has 0 atom stereocenters. The Morgan fingerprint density at radius 1 is 0.778 bits per heavy atom. The van der Waals surface area contributed by atoms with Crippen molar-refractivity contribution < 1.29 is 22.3 Å². The molecule has 0 fully saturated rings. The Labute approximate surface area is 154 Å². The van der Waals surface area contributed by atoms with Crippen LogP contribution in [-0.4, -0.2) is 6.61 Å². The van der Waals surface area contributed by atoms with Crippen molar-refractivity contribution >= 4 is 12.2 Å². The van der Waals surface area contributed by atoms with Crippen LogP contribution in [-0.2, 0) is 0 Å². The van der Waals surface area contributed by atoms with E-state index in [0.29, 0.717) is 11.1 Å². The Morgan fingerprint density at radius 3 is 2.22 bits per heavy atom. The fraction of sp³-hybridized carbons (Fsp3) is 0.0909. The van der Waals surface area contributed by atoms with Crippen molar-refractivity contribution in [2.45, 2.75) is 6.92 Å². The maximum Gasteiger partial charge on any atom is 0.201 e. The zero-order valence-corrected chi connectivity index (χ0v) is 14.5. The van der Waals surface area contributed by atoms with Crippen molar-refractivity contribution in [3.05, 3.63) is 89.0 Å². The van der Waals surface area contributed by atoms with Crippen LogP contribution in [0.25, 0.3) is 23.3 Å². The fourth-order valence-corrected chi connectivity index (χ4v) is 2.63. The van der Waals surface area contributed by atoms with Gasteiger partial charge in [0.2, 0.25) is 5.82 Å². The summed E-state index contributed by atoms with van der Waals surface area (Å²) >= 11 is 0. The monoisotopic (exact) mass is 372 g/mol. The van der Waals surface area contributed by atoms with Crippen molar-refractivity contribution in [1.82, 2.24) is 0 Å². The molecule has 138 valence electrons. The maximum absolute atomic E-state index is 14.1. The van der Waals surface area contributed by atoms with E-state index in [1.807, 2.05) is 0 Å². The molecule has 3 aromatic carbocycles. The molecule has 27 heavy (non-hydrogen) atoms. The smallest absolute Gasteiger partial charge is 0.201 e. The Balaban J connectivity index is 1.83.